The number of H-pyrrole nitrogens is 1. The first-order chi connectivity index (χ1) is 12.5. The Bertz CT molecular complexity index is 909. The van der Waals surface area contributed by atoms with Crippen molar-refractivity contribution >= 4 is 5.91 Å². The Labute approximate surface area is 152 Å². The first-order valence-corrected chi connectivity index (χ1v) is 8.40. The molecule has 3 aromatic rings. The molecule has 1 amide bonds. The number of aromatic nitrogens is 4. The molecule has 0 spiro atoms. The van der Waals surface area contributed by atoms with E-state index in [1.165, 1.54) is 0 Å². The molecule has 0 radical (unpaired) electrons. The summed E-state index contributed by atoms with van der Waals surface area (Å²) in [6.07, 6.45) is 0. The summed E-state index contributed by atoms with van der Waals surface area (Å²) in [5.41, 5.74) is 6.13. The van der Waals surface area contributed by atoms with E-state index in [-0.39, 0.29) is 5.91 Å². The third kappa shape index (κ3) is 3.67. The number of hydrogen-bond donors (Lipinski definition) is 2. The summed E-state index contributed by atoms with van der Waals surface area (Å²) >= 11 is 0. The Kier molecular flexibility index (Phi) is 5.18. The molecule has 1 aromatic carbocycles. The van der Waals surface area contributed by atoms with Crippen LogP contribution < -0.4 is 5.32 Å². The number of hydrogen-bond acceptors (Lipinski definition) is 4. The zero-order chi connectivity index (χ0) is 18.7. The second kappa shape index (κ2) is 7.53. The van der Waals surface area contributed by atoms with Gasteiger partial charge in [-0.15, -0.1) is 0 Å². The van der Waals surface area contributed by atoms with Crippen molar-refractivity contribution in [2.75, 3.05) is 7.11 Å². The minimum absolute atomic E-state index is 0.191. The minimum atomic E-state index is -0.191. The number of methoxy groups -OCH3 is 1. The highest BCUT2D eigenvalue weighted by Gasteiger charge is 2.17. The van der Waals surface area contributed by atoms with Gasteiger partial charge in [-0.25, -0.2) is 0 Å². The van der Waals surface area contributed by atoms with Gasteiger partial charge in [-0.2, -0.15) is 10.2 Å². The molecule has 0 saturated carbocycles. The molecule has 136 valence electrons. The van der Waals surface area contributed by atoms with Gasteiger partial charge >= 0.3 is 0 Å². The Balaban J connectivity index is 1.66. The Hall–Kier alpha value is -2.93. The molecule has 0 aliphatic rings. The van der Waals surface area contributed by atoms with Gasteiger partial charge in [-0.1, -0.05) is 24.3 Å². The van der Waals surface area contributed by atoms with E-state index in [0.29, 0.717) is 18.8 Å². The normalized spacial score (nSPS) is 10.9. The zero-order valence-electron chi connectivity index (χ0n) is 15.5. The molecule has 26 heavy (non-hydrogen) atoms. The van der Waals surface area contributed by atoms with E-state index in [0.717, 1.165) is 33.8 Å². The molecule has 0 saturated heterocycles. The number of carbonyl (C=O) groups excluding carboxylic acids is 1. The van der Waals surface area contributed by atoms with Gasteiger partial charge in [0.15, 0.2) is 0 Å². The third-order valence-corrected chi connectivity index (χ3v) is 4.37. The zero-order valence-corrected chi connectivity index (χ0v) is 15.5. The summed E-state index contributed by atoms with van der Waals surface area (Å²) in [5.74, 6) is -0.191. The number of carbonyl (C=O) groups is 1. The number of benzene rings is 1. The van der Waals surface area contributed by atoms with E-state index < -0.39 is 0 Å². The predicted molar refractivity (Wildman–Crippen MR) is 98.6 cm³/mol. The van der Waals surface area contributed by atoms with Gasteiger partial charge in [-0.3, -0.25) is 14.6 Å². The summed E-state index contributed by atoms with van der Waals surface area (Å²) in [4.78, 5) is 12.4. The molecule has 3 rings (SSSR count). The fourth-order valence-corrected chi connectivity index (χ4v) is 2.91. The van der Waals surface area contributed by atoms with Crippen molar-refractivity contribution in [3.8, 4) is 11.3 Å². The van der Waals surface area contributed by atoms with E-state index >= 15 is 0 Å². The lowest BCUT2D eigenvalue weighted by atomic mass is 10.1. The lowest BCUT2D eigenvalue weighted by Crippen LogP contribution is -2.23. The van der Waals surface area contributed by atoms with E-state index in [4.69, 9.17) is 4.74 Å². The van der Waals surface area contributed by atoms with Crippen LogP contribution in [0.1, 0.15) is 33.0 Å². The highest BCUT2D eigenvalue weighted by molar-refractivity contribution is 5.93. The molecule has 0 atom stereocenters. The van der Waals surface area contributed by atoms with Crippen LogP contribution in [-0.2, 0) is 24.9 Å². The SMILES string of the molecule is COCc1ccc(CNC(=O)c2cc(-c3c(C)nn(C)c3C)n[nH]2)cc1. The van der Waals surface area contributed by atoms with Crippen LogP contribution in [0.4, 0.5) is 0 Å². The molecular weight excluding hydrogens is 330 g/mol. The predicted octanol–water partition coefficient (Wildman–Crippen LogP) is 2.50. The maximum atomic E-state index is 12.4. The number of aromatic amines is 1. The lowest BCUT2D eigenvalue weighted by Gasteiger charge is -2.05. The van der Waals surface area contributed by atoms with Crippen molar-refractivity contribution in [3.05, 3.63) is 58.5 Å². The monoisotopic (exact) mass is 353 g/mol. The van der Waals surface area contributed by atoms with Crippen LogP contribution in [0, 0.1) is 13.8 Å². The standard InChI is InChI=1S/C19H23N5O2/c1-12-18(13(2)24(3)23-12)16-9-17(22-21-16)19(25)20-10-14-5-7-15(8-6-14)11-26-4/h5-9H,10-11H2,1-4H3,(H,20,25)(H,21,22). The molecule has 7 nitrogen and oxygen atoms in total. The lowest BCUT2D eigenvalue weighted by molar-refractivity contribution is 0.0946. The van der Waals surface area contributed by atoms with Gasteiger partial charge in [-0.05, 0) is 31.0 Å². The van der Waals surface area contributed by atoms with Gasteiger partial charge in [0.2, 0.25) is 0 Å². The van der Waals surface area contributed by atoms with Crippen LogP contribution in [0.2, 0.25) is 0 Å². The largest absolute Gasteiger partial charge is 0.380 e. The first kappa shape index (κ1) is 17.9. The number of nitrogens with one attached hydrogen (secondary N) is 2. The molecule has 0 bridgehead atoms. The Morgan fingerprint density at radius 2 is 1.92 bits per heavy atom. The highest BCUT2D eigenvalue weighted by Crippen LogP contribution is 2.25. The molecular formula is C19H23N5O2. The van der Waals surface area contributed by atoms with Gasteiger partial charge < -0.3 is 10.1 Å². The van der Waals surface area contributed by atoms with E-state index in [1.54, 1.807) is 13.2 Å². The van der Waals surface area contributed by atoms with Gasteiger partial charge in [0.25, 0.3) is 5.91 Å². The van der Waals surface area contributed by atoms with Gasteiger partial charge in [0, 0.05) is 32.0 Å². The molecule has 0 aliphatic carbocycles. The van der Waals surface area contributed by atoms with Crippen molar-refractivity contribution in [1.29, 1.82) is 0 Å². The maximum Gasteiger partial charge on any atom is 0.269 e. The molecule has 0 aliphatic heterocycles. The van der Waals surface area contributed by atoms with Crippen LogP contribution in [0.5, 0.6) is 0 Å². The molecule has 0 fully saturated rings. The topological polar surface area (TPSA) is 84.8 Å². The van der Waals surface area contributed by atoms with Gasteiger partial charge in [0.05, 0.1) is 18.0 Å². The summed E-state index contributed by atoms with van der Waals surface area (Å²) in [5, 5.41) is 14.4. The number of amides is 1. The summed E-state index contributed by atoms with van der Waals surface area (Å²) in [6, 6.07) is 9.71. The van der Waals surface area contributed by atoms with Crippen molar-refractivity contribution in [3.63, 3.8) is 0 Å². The van der Waals surface area contributed by atoms with Crippen molar-refractivity contribution in [2.24, 2.45) is 7.05 Å². The smallest absolute Gasteiger partial charge is 0.269 e. The van der Waals surface area contributed by atoms with Gasteiger partial charge in [0.1, 0.15) is 5.69 Å². The molecule has 2 N–H and O–H groups in total. The fourth-order valence-electron chi connectivity index (χ4n) is 2.91. The second-order valence-electron chi connectivity index (χ2n) is 6.27. The Morgan fingerprint density at radius 1 is 1.23 bits per heavy atom. The van der Waals surface area contributed by atoms with Crippen LogP contribution in [0.15, 0.2) is 30.3 Å². The third-order valence-electron chi connectivity index (χ3n) is 4.37. The minimum Gasteiger partial charge on any atom is -0.380 e. The maximum absolute atomic E-state index is 12.4. The molecule has 0 unspecified atom stereocenters. The number of ether oxygens (including phenoxy) is 1. The molecule has 7 heteroatoms. The van der Waals surface area contributed by atoms with Crippen molar-refractivity contribution in [1.82, 2.24) is 25.3 Å². The van der Waals surface area contributed by atoms with E-state index in [1.807, 2.05) is 49.8 Å². The van der Waals surface area contributed by atoms with Crippen molar-refractivity contribution in [2.45, 2.75) is 27.0 Å². The van der Waals surface area contributed by atoms with Crippen molar-refractivity contribution < 1.29 is 9.53 Å². The van der Waals surface area contributed by atoms with E-state index in [2.05, 4.69) is 20.6 Å². The summed E-state index contributed by atoms with van der Waals surface area (Å²) < 4.78 is 6.91. The highest BCUT2D eigenvalue weighted by atomic mass is 16.5. The summed E-state index contributed by atoms with van der Waals surface area (Å²) in [6.45, 7) is 4.95. The van der Waals surface area contributed by atoms with Crippen LogP contribution in [-0.4, -0.2) is 33.0 Å². The first-order valence-electron chi connectivity index (χ1n) is 8.40. The average molecular weight is 353 g/mol. The molecule has 2 heterocycles. The quantitative estimate of drug-likeness (QED) is 0.713. The summed E-state index contributed by atoms with van der Waals surface area (Å²) in [7, 11) is 3.56. The number of rotatable bonds is 6. The average Bonchev–Trinajstić information content (AvgIpc) is 3.19. The second-order valence-corrected chi connectivity index (χ2v) is 6.27. The number of nitrogens with zero attached hydrogens (tertiary/aromatic N) is 3. The van der Waals surface area contributed by atoms with E-state index in [9.17, 15) is 4.79 Å². The Morgan fingerprint density at radius 3 is 2.54 bits per heavy atom. The van der Waals surface area contributed by atoms with Crippen LogP contribution >= 0.6 is 0 Å². The number of aryl methyl sites for hydroxylation is 2. The molecule has 2 aromatic heterocycles. The fraction of sp³-hybridized carbons (Fsp3) is 0.316. The van der Waals surface area contributed by atoms with Crippen LogP contribution in [0.3, 0.4) is 0 Å². The van der Waals surface area contributed by atoms with Crippen LogP contribution in [0.25, 0.3) is 11.3 Å².